The third-order valence-corrected chi connectivity index (χ3v) is 7.84. The summed E-state index contributed by atoms with van der Waals surface area (Å²) in [4.78, 5) is 29.3. The van der Waals surface area contributed by atoms with Crippen molar-refractivity contribution in [3.8, 4) is 56.7 Å². The molecule has 212 valence electrons. The van der Waals surface area contributed by atoms with Gasteiger partial charge in [0.2, 0.25) is 0 Å². The van der Waals surface area contributed by atoms with Crippen LogP contribution in [0.4, 0.5) is 0 Å². The fraction of sp³-hybridized carbons (Fsp3) is 0.0256. The second-order valence-electron chi connectivity index (χ2n) is 10.9. The molecular weight excluding hydrogens is 552 g/mol. The van der Waals surface area contributed by atoms with Gasteiger partial charge in [-0.1, -0.05) is 103 Å². The predicted octanol–water partition coefficient (Wildman–Crippen LogP) is 9.01. The highest BCUT2D eigenvalue weighted by Crippen LogP contribution is 2.36. The average Bonchev–Trinajstić information content (AvgIpc) is 3.12. The Labute approximate surface area is 260 Å². The third kappa shape index (κ3) is 5.08. The van der Waals surface area contributed by atoms with Gasteiger partial charge in [0.05, 0.1) is 16.7 Å². The van der Waals surface area contributed by atoms with Crippen molar-refractivity contribution in [3.63, 3.8) is 0 Å². The maximum Gasteiger partial charge on any atom is 0.182 e. The van der Waals surface area contributed by atoms with Crippen molar-refractivity contribution in [3.05, 3.63) is 145 Å². The zero-order valence-corrected chi connectivity index (χ0v) is 24.5. The van der Waals surface area contributed by atoms with Gasteiger partial charge in [-0.15, -0.1) is 0 Å². The van der Waals surface area contributed by atoms with E-state index in [2.05, 4.69) is 65.6 Å². The molecule has 0 fully saturated rings. The first kappa shape index (κ1) is 26.5. The van der Waals surface area contributed by atoms with E-state index in [1.165, 1.54) is 0 Å². The summed E-state index contributed by atoms with van der Waals surface area (Å²) >= 11 is 0. The Kier molecular flexibility index (Phi) is 6.57. The van der Waals surface area contributed by atoms with Crippen LogP contribution in [0.3, 0.4) is 0 Å². The topological polar surface area (TPSA) is 77.3 Å². The molecule has 6 heteroatoms. The van der Waals surface area contributed by atoms with Crippen molar-refractivity contribution in [2.45, 2.75) is 6.92 Å². The minimum Gasteiger partial charge on any atom is -0.253 e. The molecule has 6 nitrogen and oxygen atoms in total. The number of nitrogens with zero attached hydrogens (tertiary/aromatic N) is 6. The van der Waals surface area contributed by atoms with Crippen molar-refractivity contribution in [1.29, 1.82) is 0 Å². The van der Waals surface area contributed by atoms with E-state index in [1.807, 2.05) is 79.7 Å². The number of benzene rings is 4. The van der Waals surface area contributed by atoms with Gasteiger partial charge in [-0.25, -0.2) is 19.9 Å². The first-order valence-electron chi connectivity index (χ1n) is 14.8. The first-order chi connectivity index (χ1) is 22.2. The summed E-state index contributed by atoms with van der Waals surface area (Å²) < 4.78 is 0. The normalized spacial score (nSPS) is 11.2. The highest BCUT2D eigenvalue weighted by molar-refractivity contribution is 6.09. The Balaban J connectivity index is 1.33. The molecule has 4 aromatic carbocycles. The molecule has 0 unspecified atom stereocenters. The van der Waals surface area contributed by atoms with E-state index in [-0.39, 0.29) is 0 Å². The van der Waals surface area contributed by atoms with Crippen molar-refractivity contribution in [1.82, 2.24) is 29.9 Å². The summed E-state index contributed by atoms with van der Waals surface area (Å²) in [6, 6.07) is 44.9. The molecule has 0 aliphatic heterocycles. The Hall–Kier alpha value is -6.14. The minimum absolute atomic E-state index is 0.521. The minimum atomic E-state index is 0.521. The van der Waals surface area contributed by atoms with Crippen molar-refractivity contribution >= 4 is 21.8 Å². The number of rotatable bonds is 5. The van der Waals surface area contributed by atoms with E-state index in [0.717, 1.165) is 61.0 Å². The standard InChI is InChI=1S/C39H26N6/c1-25-18-19-27-20-21-31-32(26-11-4-2-5-12-26)24-34(42-36(31)35(27)41-25)29-15-10-16-30(23-29)38-43-37(28-13-6-3-7-14-28)44-39(45-38)33-17-8-9-22-40-33/h2-24H,1H3. The van der Waals surface area contributed by atoms with Crippen LogP contribution in [0.25, 0.3) is 78.5 Å². The maximum atomic E-state index is 5.24. The molecule has 45 heavy (non-hydrogen) atoms. The third-order valence-electron chi connectivity index (χ3n) is 7.84. The fourth-order valence-corrected chi connectivity index (χ4v) is 5.62. The van der Waals surface area contributed by atoms with Crippen LogP contribution >= 0.6 is 0 Å². The lowest BCUT2D eigenvalue weighted by Crippen LogP contribution is -2.01. The lowest BCUT2D eigenvalue weighted by Gasteiger charge is -2.13. The van der Waals surface area contributed by atoms with Gasteiger partial charge in [-0.05, 0) is 48.4 Å². The van der Waals surface area contributed by atoms with Gasteiger partial charge >= 0.3 is 0 Å². The van der Waals surface area contributed by atoms with Crippen LogP contribution < -0.4 is 0 Å². The van der Waals surface area contributed by atoms with E-state index in [4.69, 9.17) is 24.9 Å². The van der Waals surface area contributed by atoms with Gasteiger partial charge in [0, 0.05) is 39.4 Å². The zero-order chi connectivity index (χ0) is 30.2. The second kappa shape index (κ2) is 11.2. The number of aromatic nitrogens is 6. The molecule has 4 aromatic heterocycles. The van der Waals surface area contributed by atoms with Crippen LogP contribution in [0.5, 0.6) is 0 Å². The van der Waals surface area contributed by atoms with Crippen LogP contribution in [0.15, 0.2) is 140 Å². The summed E-state index contributed by atoms with van der Waals surface area (Å²) in [7, 11) is 0. The van der Waals surface area contributed by atoms with E-state index in [9.17, 15) is 0 Å². The van der Waals surface area contributed by atoms with Gasteiger partial charge in [-0.2, -0.15) is 0 Å². The molecule has 0 radical (unpaired) electrons. The lowest BCUT2D eigenvalue weighted by atomic mass is 9.96. The molecular formula is C39H26N6. The summed E-state index contributed by atoms with van der Waals surface area (Å²) in [5.41, 5.74) is 9.22. The summed E-state index contributed by atoms with van der Waals surface area (Å²) in [6.45, 7) is 2.02. The SMILES string of the molecule is Cc1ccc2ccc3c(-c4ccccc4)cc(-c4cccc(-c5nc(-c6ccccc6)nc(-c6ccccn6)n5)c4)nc3c2n1. The second-order valence-corrected chi connectivity index (χ2v) is 10.9. The highest BCUT2D eigenvalue weighted by Gasteiger charge is 2.16. The molecule has 0 saturated carbocycles. The van der Waals surface area contributed by atoms with Crippen LogP contribution in [-0.4, -0.2) is 29.9 Å². The molecule has 8 aromatic rings. The van der Waals surface area contributed by atoms with Gasteiger partial charge < -0.3 is 0 Å². The molecule has 8 rings (SSSR count). The average molecular weight is 579 g/mol. The molecule has 0 saturated heterocycles. The zero-order valence-electron chi connectivity index (χ0n) is 24.5. The first-order valence-corrected chi connectivity index (χ1v) is 14.8. The molecule has 0 bridgehead atoms. The molecule has 0 amide bonds. The summed E-state index contributed by atoms with van der Waals surface area (Å²) in [5.74, 6) is 1.68. The van der Waals surface area contributed by atoms with Gasteiger partial charge in [0.1, 0.15) is 5.69 Å². The molecule has 0 atom stereocenters. The summed E-state index contributed by atoms with van der Waals surface area (Å²) in [5, 5.41) is 2.13. The van der Waals surface area contributed by atoms with Crippen molar-refractivity contribution in [2.24, 2.45) is 0 Å². The molecule has 0 aliphatic rings. The Morgan fingerprint density at radius 2 is 1.09 bits per heavy atom. The maximum absolute atomic E-state index is 5.24. The molecule has 0 N–H and O–H groups in total. The molecule has 0 spiro atoms. The molecule has 4 heterocycles. The van der Waals surface area contributed by atoms with Gasteiger partial charge in [0.25, 0.3) is 0 Å². The predicted molar refractivity (Wildman–Crippen MR) is 180 cm³/mol. The largest absolute Gasteiger partial charge is 0.253 e. The van der Waals surface area contributed by atoms with Crippen LogP contribution in [0, 0.1) is 6.92 Å². The van der Waals surface area contributed by atoms with E-state index in [0.29, 0.717) is 23.2 Å². The van der Waals surface area contributed by atoms with Gasteiger partial charge in [-0.3, -0.25) is 9.97 Å². The van der Waals surface area contributed by atoms with Crippen LogP contribution in [0.2, 0.25) is 0 Å². The number of pyridine rings is 3. The quantitative estimate of drug-likeness (QED) is 0.190. The highest BCUT2D eigenvalue weighted by atomic mass is 15.0. The van der Waals surface area contributed by atoms with Crippen LogP contribution in [0.1, 0.15) is 5.69 Å². The number of fused-ring (bicyclic) bond motifs is 3. The monoisotopic (exact) mass is 578 g/mol. The van der Waals surface area contributed by atoms with Crippen LogP contribution in [-0.2, 0) is 0 Å². The number of hydrogen-bond donors (Lipinski definition) is 0. The lowest BCUT2D eigenvalue weighted by molar-refractivity contribution is 1.06. The van der Waals surface area contributed by atoms with E-state index >= 15 is 0 Å². The fourth-order valence-electron chi connectivity index (χ4n) is 5.62. The summed E-state index contributed by atoms with van der Waals surface area (Å²) in [6.07, 6.45) is 1.75. The number of hydrogen-bond acceptors (Lipinski definition) is 6. The van der Waals surface area contributed by atoms with E-state index < -0.39 is 0 Å². The van der Waals surface area contributed by atoms with Crippen molar-refractivity contribution in [2.75, 3.05) is 0 Å². The van der Waals surface area contributed by atoms with E-state index in [1.54, 1.807) is 6.20 Å². The Morgan fingerprint density at radius 1 is 0.422 bits per heavy atom. The Morgan fingerprint density at radius 3 is 1.87 bits per heavy atom. The smallest absolute Gasteiger partial charge is 0.182 e. The molecule has 0 aliphatic carbocycles. The van der Waals surface area contributed by atoms with Gasteiger partial charge in [0.15, 0.2) is 17.5 Å². The van der Waals surface area contributed by atoms with Crippen molar-refractivity contribution < 1.29 is 0 Å². The Bertz CT molecular complexity index is 2260. The number of aryl methyl sites for hydroxylation is 1.